The molecule has 1 unspecified atom stereocenters. The van der Waals surface area contributed by atoms with Gasteiger partial charge in [-0.15, -0.1) is 0 Å². The Kier molecular flexibility index (Phi) is 6.29. The van der Waals surface area contributed by atoms with Gasteiger partial charge in [0.15, 0.2) is 0 Å². The van der Waals surface area contributed by atoms with Crippen LogP contribution < -0.4 is 0 Å². The molecule has 0 aliphatic heterocycles. The van der Waals surface area contributed by atoms with E-state index >= 15 is 0 Å². The van der Waals surface area contributed by atoms with Crippen LogP contribution in [0.2, 0.25) is 0 Å². The van der Waals surface area contributed by atoms with E-state index < -0.39 is 5.97 Å². The van der Waals surface area contributed by atoms with Gasteiger partial charge in [0.2, 0.25) is 0 Å². The minimum Gasteiger partial charge on any atom is -0.478 e. The molecule has 0 aromatic carbocycles. The zero-order valence-electron chi connectivity index (χ0n) is 8.68. The Balaban J connectivity index is 4.06. The molecule has 0 aliphatic rings. The molecule has 76 valence electrons. The van der Waals surface area contributed by atoms with Crippen LogP contribution in [0.4, 0.5) is 0 Å². The van der Waals surface area contributed by atoms with Gasteiger partial charge in [-0.3, -0.25) is 0 Å². The second-order valence-electron chi connectivity index (χ2n) is 3.46. The van der Waals surface area contributed by atoms with Gasteiger partial charge >= 0.3 is 5.97 Å². The lowest BCUT2D eigenvalue weighted by molar-refractivity contribution is -0.133. The normalized spacial score (nSPS) is 12.5. The quantitative estimate of drug-likeness (QED) is 0.617. The van der Waals surface area contributed by atoms with Crippen molar-refractivity contribution >= 4 is 5.97 Å². The van der Waals surface area contributed by atoms with Crippen molar-refractivity contribution in [2.24, 2.45) is 5.92 Å². The van der Waals surface area contributed by atoms with Gasteiger partial charge in [0.05, 0.1) is 0 Å². The average Bonchev–Trinajstić information content (AvgIpc) is 2.11. The van der Waals surface area contributed by atoms with E-state index in [1.807, 2.05) is 0 Å². The van der Waals surface area contributed by atoms with Crippen molar-refractivity contribution in [1.29, 1.82) is 0 Å². The molecule has 0 rings (SSSR count). The maximum atomic E-state index is 10.7. The lowest BCUT2D eigenvalue weighted by atomic mass is 9.90. The van der Waals surface area contributed by atoms with Crippen molar-refractivity contribution in [2.75, 3.05) is 0 Å². The number of aliphatic carboxylic acids is 1. The Labute approximate surface area is 80.7 Å². The maximum Gasteiger partial charge on any atom is 0.331 e. The predicted molar refractivity (Wildman–Crippen MR) is 54.7 cm³/mol. The minimum atomic E-state index is -0.838. The van der Waals surface area contributed by atoms with E-state index in [0.29, 0.717) is 5.57 Å². The Bertz CT molecular complexity index is 173. The van der Waals surface area contributed by atoms with Gasteiger partial charge < -0.3 is 5.11 Å². The topological polar surface area (TPSA) is 37.3 Å². The number of hydrogen-bond acceptors (Lipinski definition) is 1. The first-order valence-corrected chi connectivity index (χ1v) is 5.05. The van der Waals surface area contributed by atoms with Gasteiger partial charge in [0, 0.05) is 5.57 Å². The number of hydrogen-bond donors (Lipinski definition) is 1. The summed E-state index contributed by atoms with van der Waals surface area (Å²) in [6, 6.07) is 0. The fourth-order valence-corrected chi connectivity index (χ4v) is 1.47. The summed E-state index contributed by atoms with van der Waals surface area (Å²) in [4.78, 5) is 10.7. The molecule has 0 aromatic heterocycles. The third-order valence-corrected chi connectivity index (χ3v) is 2.31. The Morgan fingerprint density at radius 2 is 1.92 bits per heavy atom. The number of carboxylic acid groups (broad SMARTS) is 1. The third-order valence-electron chi connectivity index (χ3n) is 2.31. The lowest BCUT2D eigenvalue weighted by Gasteiger charge is -2.15. The molecule has 0 fully saturated rings. The standard InChI is InChI=1S/C11H20O2/c1-4-6-8-10(7-5-2)9(3)11(12)13/h10H,3-8H2,1-2H3,(H,12,13). The van der Waals surface area contributed by atoms with Crippen LogP contribution in [0, 0.1) is 5.92 Å². The molecule has 0 amide bonds. The molecule has 0 spiro atoms. The van der Waals surface area contributed by atoms with Crippen LogP contribution in [0.15, 0.2) is 12.2 Å². The summed E-state index contributed by atoms with van der Waals surface area (Å²) < 4.78 is 0. The zero-order valence-corrected chi connectivity index (χ0v) is 8.68. The number of carboxylic acids is 1. The summed E-state index contributed by atoms with van der Waals surface area (Å²) in [5, 5.41) is 8.78. The minimum absolute atomic E-state index is 0.183. The van der Waals surface area contributed by atoms with Gasteiger partial charge in [-0.2, -0.15) is 0 Å². The van der Waals surface area contributed by atoms with Crippen molar-refractivity contribution in [3.8, 4) is 0 Å². The van der Waals surface area contributed by atoms with Crippen LogP contribution >= 0.6 is 0 Å². The van der Waals surface area contributed by atoms with Gasteiger partial charge in [-0.1, -0.05) is 39.7 Å². The SMILES string of the molecule is C=C(C(=O)O)C(CCC)CCCC. The first-order valence-electron chi connectivity index (χ1n) is 5.05. The molecule has 0 bridgehead atoms. The van der Waals surface area contributed by atoms with Crippen molar-refractivity contribution in [2.45, 2.75) is 46.0 Å². The highest BCUT2D eigenvalue weighted by atomic mass is 16.4. The summed E-state index contributed by atoms with van der Waals surface area (Å²) in [5.74, 6) is -0.656. The van der Waals surface area contributed by atoms with E-state index in [9.17, 15) is 4.79 Å². The van der Waals surface area contributed by atoms with Gasteiger partial charge in [0.25, 0.3) is 0 Å². The Morgan fingerprint density at radius 1 is 1.31 bits per heavy atom. The van der Waals surface area contributed by atoms with E-state index in [1.165, 1.54) is 0 Å². The van der Waals surface area contributed by atoms with Gasteiger partial charge in [-0.25, -0.2) is 4.79 Å². The molecular formula is C11H20O2. The van der Waals surface area contributed by atoms with Crippen LogP contribution in [-0.4, -0.2) is 11.1 Å². The molecule has 2 nitrogen and oxygen atoms in total. The van der Waals surface area contributed by atoms with Crippen molar-refractivity contribution in [3.05, 3.63) is 12.2 Å². The molecule has 2 heteroatoms. The molecule has 1 N–H and O–H groups in total. The summed E-state index contributed by atoms with van der Waals surface area (Å²) in [5.41, 5.74) is 0.385. The van der Waals surface area contributed by atoms with E-state index in [4.69, 9.17) is 5.11 Å². The summed E-state index contributed by atoms with van der Waals surface area (Å²) in [7, 11) is 0. The first kappa shape index (κ1) is 12.2. The zero-order chi connectivity index (χ0) is 10.3. The van der Waals surface area contributed by atoms with Gasteiger partial charge in [0.1, 0.15) is 0 Å². The predicted octanol–water partition coefficient (Wildman–Crippen LogP) is 3.23. The molecule has 0 heterocycles. The molecule has 0 saturated heterocycles. The van der Waals surface area contributed by atoms with E-state index in [0.717, 1.165) is 32.1 Å². The number of carbonyl (C=O) groups is 1. The molecule has 13 heavy (non-hydrogen) atoms. The average molecular weight is 184 g/mol. The Hall–Kier alpha value is -0.790. The fraction of sp³-hybridized carbons (Fsp3) is 0.727. The lowest BCUT2D eigenvalue weighted by Crippen LogP contribution is -2.11. The van der Waals surface area contributed by atoms with E-state index in [1.54, 1.807) is 0 Å². The van der Waals surface area contributed by atoms with Crippen molar-refractivity contribution in [3.63, 3.8) is 0 Å². The smallest absolute Gasteiger partial charge is 0.331 e. The summed E-state index contributed by atoms with van der Waals surface area (Å²) >= 11 is 0. The van der Waals surface area contributed by atoms with Crippen LogP contribution in [0.3, 0.4) is 0 Å². The van der Waals surface area contributed by atoms with Crippen LogP contribution in [-0.2, 0) is 4.79 Å². The highest BCUT2D eigenvalue weighted by molar-refractivity contribution is 5.86. The Morgan fingerprint density at radius 3 is 2.31 bits per heavy atom. The molecule has 0 saturated carbocycles. The largest absolute Gasteiger partial charge is 0.478 e. The molecule has 0 aliphatic carbocycles. The van der Waals surface area contributed by atoms with Gasteiger partial charge in [-0.05, 0) is 18.8 Å². The van der Waals surface area contributed by atoms with Crippen LogP contribution in [0.5, 0.6) is 0 Å². The van der Waals surface area contributed by atoms with Crippen LogP contribution in [0.1, 0.15) is 46.0 Å². The first-order chi connectivity index (χ1) is 6.13. The monoisotopic (exact) mass is 184 g/mol. The van der Waals surface area contributed by atoms with E-state index in [-0.39, 0.29) is 5.92 Å². The highest BCUT2D eigenvalue weighted by Crippen LogP contribution is 2.22. The van der Waals surface area contributed by atoms with Crippen LogP contribution in [0.25, 0.3) is 0 Å². The molecule has 0 radical (unpaired) electrons. The molecule has 1 atom stereocenters. The maximum absolute atomic E-state index is 10.7. The third kappa shape index (κ3) is 4.71. The number of unbranched alkanes of at least 4 members (excludes halogenated alkanes) is 1. The second kappa shape index (κ2) is 6.70. The summed E-state index contributed by atoms with van der Waals surface area (Å²) in [6.45, 7) is 7.82. The van der Waals surface area contributed by atoms with Crippen molar-refractivity contribution in [1.82, 2.24) is 0 Å². The highest BCUT2D eigenvalue weighted by Gasteiger charge is 2.16. The fourth-order valence-electron chi connectivity index (χ4n) is 1.47. The molecule has 0 aromatic rings. The van der Waals surface area contributed by atoms with E-state index in [2.05, 4.69) is 20.4 Å². The number of rotatable bonds is 7. The van der Waals surface area contributed by atoms with Crippen molar-refractivity contribution < 1.29 is 9.90 Å². The second-order valence-corrected chi connectivity index (χ2v) is 3.46. The summed E-state index contributed by atoms with van der Waals surface area (Å²) in [6.07, 6.45) is 5.16. The molecular weight excluding hydrogens is 164 g/mol.